The van der Waals surface area contributed by atoms with Gasteiger partial charge in [-0.1, -0.05) is 6.07 Å². The van der Waals surface area contributed by atoms with Gasteiger partial charge in [0.15, 0.2) is 0 Å². The number of ether oxygens (including phenoxy) is 1. The Morgan fingerprint density at radius 1 is 0.939 bits per heavy atom. The van der Waals surface area contributed by atoms with Crippen molar-refractivity contribution in [2.75, 3.05) is 43.1 Å². The first kappa shape index (κ1) is 29.9. The predicted molar refractivity (Wildman–Crippen MR) is 179 cm³/mol. The lowest BCUT2D eigenvalue weighted by Crippen LogP contribution is -2.54. The Kier molecular flexibility index (Phi) is 7.18. The fraction of sp³-hybridized carbons (Fsp3) is 0.417. The molecule has 4 amide bonds. The van der Waals surface area contributed by atoms with Crippen molar-refractivity contribution in [1.29, 1.82) is 0 Å². The minimum absolute atomic E-state index is 0.0920. The number of amides is 4. The Morgan fingerprint density at radius 2 is 1.76 bits per heavy atom. The van der Waals surface area contributed by atoms with Gasteiger partial charge in [0, 0.05) is 49.4 Å². The molecule has 2 saturated heterocycles. The molecule has 0 spiro atoms. The van der Waals surface area contributed by atoms with Crippen LogP contribution in [0.5, 0.6) is 0 Å². The fourth-order valence-electron chi connectivity index (χ4n) is 7.59. The SMILES string of the molecule is O=C1CCC(N2C(=O)c3ccc(NC[C@H]4C[C@H](n5cc(-c6cnc7c(N8CCOCC8)cccc7n6)c(C6CC6)n5)C4)cc3C2=O)C(=O)N1. The minimum atomic E-state index is -0.974. The lowest BCUT2D eigenvalue weighted by atomic mass is 9.80. The lowest BCUT2D eigenvalue weighted by Gasteiger charge is -2.35. The smallest absolute Gasteiger partial charge is 0.262 e. The number of nitrogens with one attached hydrogen (secondary N) is 2. The monoisotopic (exact) mass is 660 g/mol. The normalized spacial score (nSPS) is 23.9. The predicted octanol–water partition coefficient (Wildman–Crippen LogP) is 3.67. The topological polar surface area (TPSA) is 152 Å². The highest BCUT2D eigenvalue weighted by atomic mass is 16.5. The molecule has 4 aromatic rings. The number of carbonyl (C=O) groups is 4. The summed E-state index contributed by atoms with van der Waals surface area (Å²) in [6.45, 7) is 3.85. The Bertz CT molecular complexity index is 2030. The summed E-state index contributed by atoms with van der Waals surface area (Å²) in [6, 6.07) is 10.6. The van der Waals surface area contributed by atoms with Gasteiger partial charge < -0.3 is 15.0 Å². The van der Waals surface area contributed by atoms with E-state index in [1.54, 1.807) is 18.2 Å². The summed E-state index contributed by atoms with van der Waals surface area (Å²) in [6.07, 6.45) is 8.50. The molecule has 2 N–H and O–H groups in total. The van der Waals surface area contributed by atoms with Crippen LogP contribution in [0.15, 0.2) is 48.8 Å². The molecule has 250 valence electrons. The van der Waals surface area contributed by atoms with E-state index in [2.05, 4.69) is 38.5 Å². The average Bonchev–Trinajstić information content (AvgIpc) is 3.81. The van der Waals surface area contributed by atoms with Gasteiger partial charge in [-0.2, -0.15) is 5.10 Å². The zero-order valence-corrected chi connectivity index (χ0v) is 26.9. The van der Waals surface area contributed by atoms with Crippen LogP contribution in [0, 0.1) is 5.92 Å². The number of imide groups is 2. The third-order valence-corrected chi connectivity index (χ3v) is 10.5. The molecular weight excluding hydrogens is 624 g/mol. The van der Waals surface area contributed by atoms with E-state index in [1.807, 2.05) is 12.3 Å². The van der Waals surface area contributed by atoms with Crippen LogP contribution in [0.4, 0.5) is 11.4 Å². The molecule has 49 heavy (non-hydrogen) atoms. The van der Waals surface area contributed by atoms with Crippen LogP contribution in [-0.2, 0) is 14.3 Å². The van der Waals surface area contributed by atoms with Gasteiger partial charge in [-0.15, -0.1) is 0 Å². The lowest BCUT2D eigenvalue weighted by molar-refractivity contribution is -0.136. The molecule has 1 unspecified atom stereocenters. The van der Waals surface area contributed by atoms with Crippen molar-refractivity contribution in [3.05, 3.63) is 65.6 Å². The van der Waals surface area contributed by atoms with E-state index in [9.17, 15) is 19.2 Å². The number of fused-ring (bicyclic) bond motifs is 2. The highest BCUT2D eigenvalue weighted by Gasteiger charge is 2.44. The van der Waals surface area contributed by atoms with Gasteiger partial charge in [0.2, 0.25) is 11.8 Å². The van der Waals surface area contributed by atoms with Crippen LogP contribution in [0.2, 0.25) is 0 Å². The molecule has 5 aliphatic rings. The number of hydrogen-bond acceptors (Lipinski definition) is 10. The first-order valence-electron chi connectivity index (χ1n) is 17.2. The molecule has 2 saturated carbocycles. The number of anilines is 2. The van der Waals surface area contributed by atoms with Crippen molar-refractivity contribution < 1.29 is 23.9 Å². The molecule has 5 heterocycles. The Hall–Kier alpha value is -5.17. The van der Waals surface area contributed by atoms with Gasteiger partial charge in [-0.3, -0.25) is 39.1 Å². The molecule has 3 aliphatic heterocycles. The molecule has 13 nitrogen and oxygen atoms in total. The van der Waals surface area contributed by atoms with Crippen LogP contribution in [-0.4, -0.2) is 87.2 Å². The number of benzene rings is 2. The van der Waals surface area contributed by atoms with E-state index in [0.29, 0.717) is 31.1 Å². The Balaban J connectivity index is 0.863. The van der Waals surface area contributed by atoms with Crippen molar-refractivity contribution in [2.24, 2.45) is 5.92 Å². The summed E-state index contributed by atoms with van der Waals surface area (Å²) in [4.78, 5) is 63.5. The number of para-hydroxylation sites is 1. The van der Waals surface area contributed by atoms with Gasteiger partial charge in [0.25, 0.3) is 11.8 Å². The highest BCUT2D eigenvalue weighted by molar-refractivity contribution is 6.23. The maximum Gasteiger partial charge on any atom is 0.262 e. The van der Waals surface area contributed by atoms with Crippen molar-refractivity contribution in [3.8, 4) is 11.3 Å². The molecule has 1 atom stereocenters. The number of piperidine rings is 1. The molecule has 2 aliphatic carbocycles. The van der Waals surface area contributed by atoms with Gasteiger partial charge in [0.05, 0.1) is 59.2 Å². The number of rotatable bonds is 8. The first-order valence-corrected chi connectivity index (χ1v) is 17.2. The van der Waals surface area contributed by atoms with Gasteiger partial charge >= 0.3 is 0 Å². The molecule has 2 aromatic carbocycles. The number of hydrogen-bond donors (Lipinski definition) is 2. The summed E-state index contributed by atoms with van der Waals surface area (Å²) >= 11 is 0. The number of morpholine rings is 1. The standard InChI is InChI=1S/C36H36N8O5/c45-31-9-8-30(34(46)40-31)44-35(47)24-7-6-22(16-25(24)36(44)48)37-17-20-14-23(15-20)43-19-26(32(41-43)21-4-5-21)28-18-38-33-27(39-28)2-1-3-29(33)42-10-12-49-13-11-42/h1-3,6-7,16,18-21,23,30,37H,4-5,8-15,17H2,(H,40,45,46)/t20-,23-,30?. The third kappa shape index (κ3) is 5.32. The maximum absolute atomic E-state index is 13.2. The van der Waals surface area contributed by atoms with E-state index in [-0.39, 0.29) is 24.0 Å². The van der Waals surface area contributed by atoms with Crippen LogP contribution in [0.1, 0.15) is 76.9 Å². The van der Waals surface area contributed by atoms with E-state index in [0.717, 1.165) is 89.6 Å². The van der Waals surface area contributed by atoms with E-state index in [1.165, 1.54) is 0 Å². The fourth-order valence-corrected chi connectivity index (χ4v) is 7.59. The van der Waals surface area contributed by atoms with E-state index in [4.69, 9.17) is 19.8 Å². The number of aromatic nitrogens is 4. The first-order chi connectivity index (χ1) is 23.9. The Morgan fingerprint density at radius 3 is 2.55 bits per heavy atom. The van der Waals surface area contributed by atoms with Crippen LogP contribution in [0.3, 0.4) is 0 Å². The molecule has 9 rings (SSSR count). The van der Waals surface area contributed by atoms with Gasteiger partial charge in [0.1, 0.15) is 11.6 Å². The molecule has 0 bridgehead atoms. The second-order valence-electron chi connectivity index (χ2n) is 13.8. The summed E-state index contributed by atoms with van der Waals surface area (Å²) < 4.78 is 7.67. The van der Waals surface area contributed by atoms with Crippen LogP contribution < -0.4 is 15.5 Å². The summed E-state index contributed by atoms with van der Waals surface area (Å²) in [5.74, 6) is -1.12. The van der Waals surface area contributed by atoms with Crippen molar-refractivity contribution in [3.63, 3.8) is 0 Å². The molecule has 4 fully saturated rings. The summed E-state index contributed by atoms with van der Waals surface area (Å²) in [5.41, 5.74) is 7.23. The number of carbonyl (C=O) groups excluding carboxylic acids is 4. The third-order valence-electron chi connectivity index (χ3n) is 10.5. The van der Waals surface area contributed by atoms with Crippen LogP contribution in [0.25, 0.3) is 22.3 Å². The second-order valence-corrected chi connectivity index (χ2v) is 13.8. The van der Waals surface area contributed by atoms with Gasteiger partial charge in [-0.05, 0) is 68.4 Å². The molecule has 13 heteroatoms. The zero-order valence-electron chi connectivity index (χ0n) is 26.9. The number of nitrogens with zero attached hydrogens (tertiary/aromatic N) is 6. The van der Waals surface area contributed by atoms with Crippen molar-refractivity contribution >= 4 is 46.0 Å². The quantitative estimate of drug-likeness (QED) is 0.268. The highest BCUT2D eigenvalue weighted by Crippen LogP contribution is 2.46. The largest absolute Gasteiger partial charge is 0.385 e. The van der Waals surface area contributed by atoms with Gasteiger partial charge in [-0.25, -0.2) is 4.98 Å². The summed E-state index contributed by atoms with van der Waals surface area (Å²) in [7, 11) is 0. The van der Waals surface area contributed by atoms with Crippen LogP contribution >= 0.6 is 0 Å². The average molecular weight is 661 g/mol. The van der Waals surface area contributed by atoms with Crippen molar-refractivity contribution in [2.45, 2.75) is 56.5 Å². The summed E-state index contributed by atoms with van der Waals surface area (Å²) in [5, 5.41) is 10.8. The van der Waals surface area contributed by atoms with E-state index >= 15 is 0 Å². The molecule has 2 aromatic heterocycles. The maximum atomic E-state index is 13.2. The Labute approximate surface area is 282 Å². The second kappa shape index (κ2) is 11.8. The molecule has 0 radical (unpaired) electrons. The minimum Gasteiger partial charge on any atom is -0.385 e. The zero-order chi connectivity index (χ0) is 33.2. The van der Waals surface area contributed by atoms with E-state index < -0.39 is 29.7 Å². The van der Waals surface area contributed by atoms with Crippen molar-refractivity contribution in [1.82, 2.24) is 30.0 Å². The molecular formula is C36H36N8O5.